The van der Waals surface area contributed by atoms with Gasteiger partial charge >= 0.3 is 12.2 Å². The topological polar surface area (TPSA) is 128 Å². The van der Waals surface area contributed by atoms with Crippen molar-refractivity contribution in [1.82, 2.24) is 10.7 Å². The molecule has 1 saturated heterocycles. The number of benzene rings is 2. The van der Waals surface area contributed by atoms with E-state index in [1.807, 2.05) is 10.7 Å². The van der Waals surface area contributed by atoms with Crippen molar-refractivity contribution in [3.63, 3.8) is 0 Å². The molecule has 1 aliphatic heterocycles. The number of nitrogens with one attached hydrogen (secondary N) is 2. The third-order valence-electron chi connectivity index (χ3n) is 4.17. The van der Waals surface area contributed by atoms with Gasteiger partial charge in [-0.2, -0.15) is 18.3 Å². The number of hydrogen-bond donors (Lipinski definition) is 3. The number of amides is 5. The smallest absolute Gasteiger partial charge is 0.416 e. The number of anilines is 1. The molecule has 1 heterocycles. The van der Waals surface area contributed by atoms with Crippen molar-refractivity contribution < 1.29 is 37.5 Å². The van der Waals surface area contributed by atoms with Gasteiger partial charge in [0.05, 0.1) is 16.8 Å². The molecule has 0 aromatic heterocycles. The Labute approximate surface area is 172 Å². The number of rotatable bonds is 4. The van der Waals surface area contributed by atoms with Gasteiger partial charge < -0.3 is 5.11 Å². The molecule has 0 unspecified atom stereocenters. The van der Waals surface area contributed by atoms with Crippen molar-refractivity contribution >= 4 is 35.7 Å². The number of hydrazone groups is 1. The van der Waals surface area contributed by atoms with Crippen molar-refractivity contribution in [3.05, 3.63) is 59.7 Å². The molecule has 12 heteroatoms. The summed E-state index contributed by atoms with van der Waals surface area (Å²) in [5.74, 6) is -5.10. The highest BCUT2D eigenvalue weighted by Gasteiger charge is 2.41. The summed E-state index contributed by atoms with van der Waals surface area (Å²) in [4.78, 5) is 49.1. The van der Waals surface area contributed by atoms with Gasteiger partial charge in [0.25, 0.3) is 11.8 Å². The van der Waals surface area contributed by atoms with Crippen LogP contribution in [0.25, 0.3) is 0 Å². The number of aromatic hydroxyl groups is 1. The van der Waals surface area contributed by atoms with Gasteiger partial charge in [0.2, 0.25) is 5.91 Å². The molecule has 1 aliphatic rings. The van der Waals surface area contributed by atoms with Gasteiger partial charge in [0.1, 0.15) is 5.75 Å². The maximum absolute atomic E-state index is 12.9. The quantitative estimate of drug-likeness (QED) is 0.385. The van der Waals surface area contributed by atoms with Crippen LogP contribution in [0.4, 0.5) is 23.7 Å². The van der Waals surface area contributed by atoms with E-state index in [-0.39, 0.29) is 11.3 Å². The molecule has 0 spiro atoms. The zero-order valence-electron chi connectivity index (χ0n) is 15.4. The Morgan fingerprint density at radius 1 is 1.13 bits per heavy atom. The van der Waals surface area contributed by atoms with Crippen molar-refractivity contribution in [2.45, 2.75) is 6.18 Å². The number of phenols is 1. The summed E-state index contributed by atoms with van der Waals surface area (Å²) in [7, 11) is 0. The fourth-order valence-corrected chi connectivity index (χ4v) is 2.68. The van der Waals surface area contributed by atoms with Crippen LogP contribution in [-0.2, 0) is 15.8 Å². The molecule has 1 fully saturated rings. The summed E-state index contributed by atoms with van der Waals surface area (Å²) in [5.41, 5.74) is 0.388. The largest absolute Gasteiger partial charge is 0.507 e. The molecule has 0 radical (unpaired) electrons. The Hall–Kier alpha value is -4.22. The SMILES string of the molecule is O=C(N/N=C\[C@@H]1C(=O)NC(=O)N(c2cccc(C(F)(F)F)c2)C1=O)c1ccccc1O. The summed E-state index contributed by atoms with van der Waals surface area (Å²) in [6.07, 6.45) is -3.99. The Morgan fingerprint density at radius 3 is 2.52 bits per heavy atom. The molecule has 1 atom stereocenters. The summed E-state index contributed by atoms with van der Waals surface area (Å²) >= 11 is 0. The minimum atomic E-state index is -4.71. The maximum atomic E-state index is 12.9. The van der Waals surface area contributed by atoms with Gasteiger partial charge in [-0.1, -0.05) is 18.2 Å². The van der Waals surface area contributed by atoms with E-state index in [1.54, 1.807) is 0 Å². The maximum Gasteiger partial charge on any atom is 0.416 e. The lowest BCUT2D eigenvalue weighted by atomic mass is 10.1. The standard InChI is InChI=1S/C19H13F3N4O5/c20-19(21,22)10-4-3-5-11(8-10)26-17(30)13(15(28)24-18(26)31)9-23-25-16(29)12-6-1-2-7-14(12)27/h1-9,13,27H,(H,25,29)(H,24,28,31)/b23-9-/t13-/m1/s1. The van der Waals surface area contributed by atoms with Crippen molar-refractivity contribution in [3.8, 4) is 5.75 Å². The summed E-state index contributed by atoms with van der Waals surface area (Å²) < 4.78 is 38.8. The number of carbonyl (C=O) groups is 4. The lowest BCUT2D eigenvalue weighted by Gasteiger charge is -2.28. The van der Waals surface area contributed by atoms with E-state index in [9.17, 15) is 37.5 Å². The van der Waals surface area contributed by atoms with Gasteiger partial charge in [-0.05, 0) is 30.3 Å². The van der Waals surface area contributed by atoms with Gasteiger partial charge in [-0.25, -0.2) is 15.1 Å². The molecule has 3 rings (SSSR count). The molecule has 2 aromatic rings. The number of imide groups is 2. The summed E-state index contributed by atoms with van der Waals surface area (Å²) in [5, 5.41) is 15.0. The number of halogens is 3. The van der Waals surface area contributed by atoms with Crippen LogP contribution >= 0.6 is 0 Å². The van der Waals surface area contributed by atoms with Crippen LogP contribution < -0.4 is 15.6 Å². The third-order valence-corrected chi connectivity index (χ3v) is 4.17. The monoisotopic (exact) mass is 434 g/mol. The number of para-hydroxylation sites is 1. The molecule has 0 bridgehead atoms. The first-order valence-electron chi connectivity index (χ1n) is 8.57. The Morgan fingerprint density at radius 2 is 1.84 bits per heavy atom. The first kappa shape index (κ1) is 21.5. The van der Waals surface area contributed by atoms with E-state index in [2.05, 4.69) is 5.10 Å². The summed E-state index contributed by atoms with van der Waals surface area (Å²) in [6, 6.07) is 7.74. The molecule has 9 nitrogen and oxygen atoms in total. The zero-order valence-corrected chi connectivity index (χ0v) is 15.4. The predicted octanol–water partition coefficient (Wildman–Crippen LogP) is 2.03. The molecule has 5 amide bonds. The van der Waals surface area contributed by atoms with E-state index in [4.69, 9.17) is 0 Å². The second-order valence-corrected chi connectivity index (χ2v) is 6.23. The van der Waals surface area contributed by atoms with Crippen LogP contribution in [0, 0.1) is 5.92 Å². The molecular weight excluding hydrogens is 421 g/mol. The molecule has 31 heavy (non-hydrogen) atoms. The number of carbonyl (C=O) groups excluding carboxylic acids is 4. The number of alkyl halides is 3. The Balaban J connectivity index is 1.81. The number of barbiturate groups is 1. The van der Waals surface area contributed by atoms with Crippen LogP contribution in [0.15, 0.2) is 53.6 Å². The van der Waals surface area contributed by atoms with Crippen LogP contribution in [0.1, 0.15) is 15.9 Å². The number of nitrogens with zero attached hydrogens (tertiary/aromatic N) is 2. The highest BCUT2D eigenvalue weighted by molar-refractivity contribution is 6.32. The second-order valence-electron chi connectivity index (χ2n) is 6.23. The average molecular weight is 434 g/mol. The van der Waals surface area contributed by atoms with Crippen molar-refractivity contribution in [2.75, 3.05) is 4.90 Å². The van der Waals surface area contributed by atoms with Crippen LogP contribution in [0.3, 0.4) is 0 Å². The highest BCUT2D eigenvalue weighted by Crippen LogP contribution is 2.32. The molecule has 160 valence electrons. The lowest BCUT2D eigenvalue weighted by molar-refractivity contribution is -0.138. The summed E-state index contributed by atoms with van der Waals surface area (Å²) in [6.45, 7) is 0. The third kappa shape index (κ3) is 4.52. The van der Waals surface area contributed by atoms with E-state index in [0.717, 1.165) is 24.4 Å². The van der Waals surface area contributed by atoms with Crippen LogP contribution in [-0.4, -0.2) is 35.1 Å². The van der Waals surface area contributed by atoms with Crippen LogP contribution in [0.2, 0.25) is 0 Å². The highest BCUT2D eigenvalue weighted by atomic mass is 19.4. The minimum Gasteiger partial charge on any atom is -0.507 e. The van der Waals surface area contributed by atoms with E-state index in [0.29, 0.717) is 11.0 Å². The first-order chi connectivity index (χ1) is 14.6. The molecule has 3 N–H and O–H groups in total. The van der Waals surface area contributed by atoms with Crippen LogP contribution in [0.5, 0.6) is 5.75 Å². The number of phenolic OH excluding ortho intramolecular Hbond substituents is 1. The van der Waals surface area contributed by atoms with E-state index in [1.165, 1.54) is 24.3 Å². The molecular formula is C19H13F3N4O5. The number of urea groups is 1. The Kier molecular flexibility index (Phi) is 5.72. The first-order valence-corrected chi connectivity index (χ1v) is 8.57. The lowest BCUT2D eigenvalue weighted by Crippen LogP contribution is -2.58. The molecule has 0 saturated carbocycles. The zero-order chi connectivity index (χ0) is 22.8. The average Bonchev–Trinajstić information content (AvgIpc) is 2.70. The van der Waals surface area contributed by atoms with Gasteiger partial charge in [0.15, 0.2) is 5.92 Å². The van der Waals surface area contributed by atoms with Gasteiger partial charge in [-0.3, -0.25) is 19.7 Å². The fraction of sp³-hybridized carbons (Fsp3) is 0.105. The van der Waals surface area contributed by atoms with E-state index >= 15 is 0 Å². The van der Waals surface area contributed by atoms with Crippen molar-refractivity contribution in [2.24, 2.45) is 11.0 Å². The van der Waals surface area contributed by atoms with Gasteiger partial charge in [-0.15, -0.1) is 0 Å². The predicted molar refractivity (Wildman–Crippen MR) is 100 cm³/mol. The fourth-order valence-electron chi connectivity index (χ4n) is 2.68. The minimum absolute atomic E-state index is 0.125. The molecule has 0 aliphatic carbocycles. The van der Waals surface area contributed by atoms with Gasteiger partial charge in [0, 0.05) is 6.21 Å². The number of hydrogen-bond acceptors (Lipinski definition) is 6. The Bertz CT molecular complexity index is 1100. The molecule has 2 aromatic carbocycles. The second kappa shape index (κ2) is 8.26. The normalized spacial score (nSPS) is 17.1. The van der Waals surface area contributed by atoms with Crippen molar-refractivity contribution in [1.29, 1.82) is 0 Å². The van der Waals surface area contributed by atoms with E-state index < -0.39 is 47.1 Å².